The summed E-state index contributed by atoms with van der Waals surface area (Å²) in [4.78, 5) is 32.9. The number of amides is 2. The number of nitrogens with one attached hydrogen (secondary N) is 1. The molecule has 2 atom stereocenters. The maximum Gasteiger partial charge on any atom is 0.287 e. The van der Waals surface area contributed by atoms with Gasteiger partial charge in [0.05, 0.1) is 18.4 Å². The molecule has 8 nitrogen and oxygen atoms in total. The molecule has 37 heavy (non-hydrogen) atoms. The van der Waals surface area contributed by atoms with Crippen LogP contribution >= 0.6 is 0 Å². The van der Waals surface area contributed by atoms with E-state index >= 15 is 0 Å². The van der Waals surface area contributed by atoms with Crippen molar-refractivity contribution in [3.63, 3.8) is 0 Å². The van der Waals surface area contributed by atoms with Gasteiger partial charge in [-0.25, -0.2) is 4.98 Å². The van der Waals surface area contributed by atoms with E-state index in [1.54, 1.807) is 12.1 Å². The summed E-state index contributed by atoms with van der Waals surface area (Å²) < 4.78 is 13.7. The Hall–Kier alpha value is -3.91. The maximum absolute atomic E-state index is 13.4. The van der Waals surface area contributed by atoms with E-state index < -0.39 is 0 Å². The molecule has 1 fully saturated rings. The zero-order valence-corrected chi connectivity index (χ0v) is 21.0. The van der Waals surface area contributed by atoms with Gasteiger partial charge in [-0.2, -0.15) is 0 Å². The minimum absolute atomic E-state index is 0.0557. The van der Waals surface area contributed by atoms with Crippen LogP contribution in [0.15, 0.2) is 71.5 Å². The number of aromatic nitrogens is 2. The summed E-state index contributed by atoms with van der Waals surface area (Å²) in [5, 5.41) is 3.17. The molecule has 190 valence electrons. The number of carbonyl (C=O) groups excluding carboxylic acids is 2. The van der Waals surface area contributed by atoms with Crippen molar-refractivity contribution in [3.05, 3.63) is 95.3 Å². The average Bonchev–Trinajstić information content (AvgIpc) is 3.65. The van der Waals surface area contributed by atoms with E-state index in [4.69, 9.17) is 9.15 Å². The largest absolute Gasteiger partial charge is 0.459 e. The molecule has 1 aliphatic carbocycles. The minimum atomic E-state index is -0.308. The van der Waals surface area contributed by atoms with E-state index in [9.17, 15) is 9.59 Å². The van der Waals surface area contributed by atoms with Crippen molar-refractivity contribution in [3.8, 4) is 0 Å². The zero-order valence-electron chi connectivity index (χ0n) is 21.0. The van der Waals surface area contributed by atoms with E-state index in [1.807, 2.05) is 59.7 Å². The molecule has 1 spiro atoms. The highest BCUT2D eigenvalue weighted by Crippen LogP contribution is 2.52. The Bertz CT molecular complexity index is 1450. The van der Waals surface area contributed by atoms with Crippen LogP contribution in [0.4, 0.5) is 0 Å². The number of hydrogen-bond donors (Lipinski definition) is 1. The smallest absolute Gasteiger partial charge is 0.287 e. The summed E-state index contributed by atoms with van der Waals surface area (Å²) in [7, 11) is 0. The molecule has 1 aliphatic heterocycles. The molecule has 8 heteroatoms. The highest BCUT2D eigenvalue weighted by atomic mass is 16.5. The second kappa shape index (κ2) is 9.19. The van der Waals surface area contributed by atoms with E-state index in [2.05, 4.69) is 22.4 Å². The van der Waals surface area contributed by atoms with Gasteiger partial charge in [-0.05, 0) is 62.1 Å². The fourth-order valence-corrected chi connectivity index (χ4v) is 6.14. The lowest BCUT2D eigenvalue weighted by Gasteiger charge is -2.44. The number of likely N-dealkylation sites (tertiary alicyclic amines) is 1. The van der Waals surface area contributed by atoms with Crippen molar-refractivity contribution >= 4 is 17.5 Å². The predicted molar refractivity (Wildman–Crippen MR) is 138 cm³/mol. The number of carbonyl (C=O) groups is 2. The van der Waals surface area contributed by atoms with Crippen molar-refractivity contribution in [2.24, 2.45) is 0 Å². The lowest BCUT2D eigenvalue weighted by atomic mass is 9.71. The average molecular weight is 499 g/mol. The second-order valence-corrected chi connectivity index (χ2v) is 9.86. The van der Waals surface area contributed by atoms with Gasteiger partial charge in [0, 0.05) is 37.0 Å². The van der Waals surface area contributed by atoms with Crippen LogP contribution in [0, 0.1) is 6.92 Å². The Balaban J connectivity index is 1.27. The number of furan rings is 1. The van der Waals surface area contributed by atoms with Gasteiger partial charge in [0.1, 0.15) is 11.3 Å². The quantitative estimate of drug-likeness (QED) is 0.443. The van der Waals surface area contributed by atoms with Crippen LogP contribution in [-0.2, 0) is 10.2 Å². The molecule has 1 saturated heterocycles. The van der Waals surface area contributed by atoms with E-state index in [0.717, 1.165) is 29.7 Å². The van der Waals surface area contributed by atoms with Gasteiger partial charge >= 0.3 is 0 Å². The summed E-state index contributed by atoms with van der Waals surface area (Å²) in [6, 6.07) is 17.2. The lowest BCUT2D eigenvalue weighted by molar-refractivity contribution is -0.0307. The molecule has 1 aromatic carbocycles. The molecular weight excluding hydrogens is 468 g/mol. The van der Waals surface area contributed by atoms with Crippen LogP contribution in [-0.4, -0.2) is 51.9 Å². The van der Waals surface area contributed by atoms with Gasteiger partial charge in [-0.1, -0.05) is 30.3 Å². The highest BCUT2D eigenvalue weighted by Gasteiger charge is 2.54. The monoisotopic (exact) mass is 498 g/mol. The van der Waals surface area contributed by atoms with Crippen molar-refractivity contribution < 1.29 is 18.7 Å². The van der Waals surface area contributed by atoms with Gasteiger partial charge in [-0.3, -0.25) is 9.59 Å². The van der Waals surface area contributed by atoms with Gasteiger partial charge in [0.25, 0.3) is 11.8 Å². The number of fused-ring (bicyclic) bond motifs is 3. The van der Waals surface area contributed by atoms with Gasteiger partial charge in [-0.15, -0.1) is 0 Å². The summed E-state index contributed by atoms with van der Waals surface area (Å²) in [6.45, 7) is 5.67. The molecule has 4 heterocycles. The predicted octanol–water partition coefficient (Wildman–Crippen LogP) is 4.30. The molecule has 0 saturated carbocycles. The number of aryl methyl sites for hydroxylation is 1. The first-order valence-corrected chi connectivity index (χ1v) is 12.8. The maximum atomic E-state index is 13.4. The third-order valence-electron chi connectivity index (χ3n) is 7.92. The molecular formula is C29H30N4O4. The van der Waals surface area contributed by atoms with E-state index in [1.165, 1.54) is 11.8 Å². The van der Waals surface area contributed by atoms with Crippen molar-refractivity contribution in [1.29, 1.82) is 0 Å². The third kappa shape index (κ3) is 3.83. The van der Waals surface area contributed by atoms with Gasteiger partial charge in [0.15, 0.2) is 5.76 Å². The Kier molecular flexibility index (Phi) is 5.83. The molecule has 6 rings (SSSR count). The third-order valence-corrected chi connectivity index (χ3v) is 7.92. The van der Waals surface area contributed by atoms with Crippen molar-refractivity contribution in [2.75, 3.05) is 19.7 Å². The summed E-state index contributed by atoms with van der Waals surface area (Å²) in [6.07, 6.45) is 4.55. The Morgan fingerprint density at radius 2 is 1.92 bits per heavy atom. The SMILES string of the molecule is CCO[C@H]1[C@H](NC(=O)c2ccco2)c2ccccc2C12CCN(C(=O)c1cn3c(C)cccc3n1)CC2. The number of pyridine rings is 1. The van der Waals surface area contributed by atoms with Gasteiger partial charge < -0.3 is 23.8 Å². The number of hydrogen-bond acceptors (Lipinski definition) is 5. The van der Waals surface area contributed by atoms with Crippen molar-refractivity contribution in [2.45, 2.75) is 44.2 Å². The van der Waals surface area contributed by atoms with Crippen LogP contribution in [0.3, 0.4) is 0 Å². The van der Waals surface area contributed by atoms with Gasteiger partial charge in [0.2, 0.25) is 0 Å². The number of nitrogens with zero attached hydrogens (tertiary/aromatic N) is 3. The first-order valence-electron chi connectivity index (χ1n) is 12.8. The lowest BCUT2D eigenvalue weighted by Crippen LogP contribution is -2.52. The first kappa shape index (κ1) is 23.5. The Morgan fingerprint density at radius 1 is 1.11 bits per heavy atom. The molecule has 1 N–H and O–H groups in total. The Morgan fingerprint density at radius 3 is 2.65 bits per heavy atom. The summed E-state index contributed by atoms with van der Waals surface area (Å²) >= 11 is 0. The number of rotatable bonds is 5. The molecule has 2 amide bonds. The number of imidazole rings is 1. The number of piperidine rings is 1. The fourth-order valence-electron chi connectivity index (χ4n) is 6.14. The molecule has 0 bridgehead atoms. The minimum Gasteiger partial charge on any atom is -0.459 e. The fraction of sp³-hybridized carbons (Fsp3) is 0.345. The van der Waals surface area contributed by atoms with Crippen LogP contribution in [0.1, 0.15) is 63.7 Å². The van der Waals surface area contributed by atoms with Crippen LogP contribution in [0.2, 0.25) is 0 Å². The second-order valence-electron chi connectivity index (χ2n) is 9.86. The Labute approximate surface area is 215 Å². The highest BCUT2D eigenvalue weighted by molar-refractivity contribution is 5.93. The standard InChI is InChI=1S/C29H30N4O4/c1-3-36-26-25(31-27(34)23-11-7-17-37-23)20-9-4-5-10-21(20)29(26)13-15-32(16-14-29)28(35)22-18-33-19(2)8-6-12-24(33)30-22/h4-12,17-18,25-26H,3,13-16H2,1-2H3,(H,31,34)/t25-,26+/m1/s1. The molecule has 0 unspecified atom stereocenters. The topological polar surface area (TPSA) is 89.1 Å². The summed E-state index contributed by atoms with van der Waals surface area (Å²) in [5.74, 6) is -0.0436. The van der Waals surface area contributed by atoms with Crippen LogP contribution < -0.4 is 5.32 Å². The van der Waals surface area contributed by atoms with Crippen molar-refractivity contribution in [1.82, 2.24) is 19.6 Å². The molecule has 0 radical (unpaired) electrons. The summed E-state index contributed by atoms with van der Waals surface area (Å²) in [5.41, 5.74) is 4.21. The molecule has 4 aromatic rings. The number of benzene rings is 1. The number of ether oxygens (including phenoxy) is 1. The normalized spacial score (nSPS) is 20.3. The molecule has 3 aromatic heterocycles. The van der Waals surface area contributed by atoms with Crippen LogP contribution in [0.25, 0.3) is 5.65 Å². The molecule has 2 aliphatic rings. The first-order chi connectivity index (χ1) is 18.0. The zero-order chi connectivity index (χ0) is 25.6. The van der Waals surface area contributed by atoms with Crippen LogP contribution in [0.5, 0.6) is 0 Å². The van der Waals surface area contributed by atoms with E-state index in [-0.39, 0.29) is 35.1 Å². The van der Waals surface area contributed by atoms with E-state index in [0.29, 0.717) is 25.4 Å².